The van der Waals surface area contributed by atoms with Crippen molar-refractivity contribution in [2.75, 3.05) is 10.6 Å². The summed E-state index contributed by atoms with van der Waals surface area (Å²) in [6, 6.07) is 15.4. The molecule has 0 saturated heterocycles. The third-order valence-electron chi connectivity index (χ3n) is 2.64. The van der Waals surface area contributed by atoms with Crippen molar-refractivity contribution < 1.29 is 9.53 Å². The largest absolute Gasteiger partial charge is 0.444 e. The van der Waals surface area contributed by atoms with Crippen LogP contribution in [0.4, 0.5) is 21.9 Å². The first-order valence-electron chi connectivity index (χ1n) is 6.94. The number of carbonyl (C=O) groups excluding carboxylic acids is 1. The minimum atomic E-state index is -0.508. The Hall–Kier alpha value is -2.01. The van der Waals surface area contributed by atoms with Gasteiger partial charge < -0.3 is 10.1 Å². The van der Waals surface area contributed by atoms with Crippen LogP contribution in [-0.2, 0) is 4.74 Å². The van der Waals surface area contributed by atoms with Crippen LogP contribution in [0, 0.1) is 0 Å². The molecule has 0 aromatic heterocycles. The molecule has 1 amide bonds. The number of carbonyl (C=O) groups is 1. The minimum absolute atomic E-state index is 0.458. The van der Waals surface area contributed by atoms with E-state index in [0.29, 0.717) is 5.69 Å². The van der Waals surface area contributed by atoms with E-state index < -0.39 is 11.7 Å². The van der Waals surface area contributed by atoms with Gasteiger partial charge in [0, 0.05) is 21.5 Å². The van der Waals surface area contributed by atoms with Gasteiger partial charge in [0.2, 0.25) is 0 Å². The van der Waals surface area contributed by atoms with Crippen molar-refractivity contribution in [3.8, 4) is 0 Å². The predicted octanol–water partition coefficient (Wildman–Crippen LogP) is 5.54. The smallest absolute Gasteiger partial charge is 0.412 e. The summed E-state index contributed by atoms with van der Waals surface area (Å²) in [5, 5.41) is 5.99. The Balaban J connectivity index is 1.97. The number of benzene rings is 2. The third kappa shape index (κ3) is 5.41. The summed E-state index contributed by atoms with van der Waals surface area (Å²) < 4.78 is 6.22. The van der Waals surface area contributed by atoms with Gasteiger partial charge in [0.15, 0.2) is 0 Å². The fourth-order valence-corrected chi connectivity index (χ4v) is 2.19. The van der Waals surface area contributed by atoms with E-state index in [4.69, 9.17) is 4.74 Å². The van der Waals surface area contributed by atoms with E-state index in [1.54, 1.807) is 0 Å². The summed E-state index contributed by atoms with van der Waals surface area (Å²) in [7, 11) is 0. The van der Waals surface area contributed by atoms with Gasteiger partial charge in [-0.05, 0) is 63.2 Å². The van der Waals surface area contributed by atoms with Gasteiger partial charge in [0.1, 0.15) is 5.60 Å². The van der Waals surface area contributed by atoms with Gasteiger partial charge in [-0.1, -0.05) is 22.0 Å². The van der Waals surface area contributed by atoms with Crippen molar-refractivity contribution in [3.05, 3.63) is 53.0 Å². The first kappa shape index (κ1) is 16.4. The lowest BCUT2D eigenvalue weighted by molar-refractivity contribution is 0.0636. The van der Waals surface area contributed by atoms with Crippen LogP contribution in [0.3, 0.4) is 0 Å². The maximum Gasteiger partial charge on any atom is 0.412 e. The molecule has 0 saturated carbocycles. The topological polar surface area (TPSA) is 50.4 Å². The number of ether oxygens (including phenoxy) is 1. The molecule has 116 valence electrons. The third-order valence-corrected chi connectivity index (χ3v) is 3.14. The highest BCUT2D eigenvalue weighted by Gasteiger charge is 2.15. The molecule has 0 radical (unpaired) electrons. The lowest BCUT2D eigenvalue weighted by Gasteiger charge is -2.19. The highest BCUT2D eigenvalue weighted by Crippen LogP contribution is 2.22. The van der Waals surface area contributed by atoms with E-state index in [-0.39, 0.29) is 0 Å². The van der Waals surface area contributed by atoms with Crippen molar-refractivity contribution in [2.45, 2.75) is 26.4 Å². The number of rotatable bonds is 3. The van der Waals surface area contributed by atoms with Crippen molar-refractivity contribution in [1.29, 1.82) is 0 Å². The lowest BCUT2D eigenvalue weighted by Crippen LogP contribution is -2.27. The monoisotopic (exact) mass is 362 g/mol. The zero-order valence-corrected chi connectivity index (χ0v) is 14.4. The molecule has 0 unspecified atom stereocenters. The van der Waals surface area contributed by atoms with Gasteiger partial charge in [0.05, 0.1) is 0 Å². The Morgan fingerprint density at radius 2 is 1.64 bits per heavy atom. The van der Waals surface area contributed by atoms with Crippen molar-refractivity contribution in [2.24, 2.45) is 0 Å². The van der Waals surface area contributed by atoms with Crippen LogP contribution in [0.15, 0.2) is 53.0 Å². The zero-order chi connectivity index (χ0) is 16.2. The van der Waals surface area contributed by atoms with Crippen molar-refractivity contribution in [1.82, 2.24) is 0 Å². The molecule has 0 atom stereocenters. The summed E-state index contributed by atoms with van der Waals surface area (Å²) >= 11 is 3.44. The molecule has 0 bridgehead atoms. The zero-order valence-electron chi connectivity index (χ0n) is 12.8. The predicted molar refractivity (Wildman–Crippen MR) is 93.7 cm³/mol. The van der Waals surface area contributed by atoms with Gasteiger partial charge in [-0.15, -0.1) is 0 Å². The lowest BCUT2D eigenvalue weighted by atomic mass is 10.2. The Morgan fingerprint density at radius 3 is 2.23 bits per heavy atom. The maximum atomic E-state index is 11.7. The van der Waals surface area contributed by atoms with Gasteiger partial charge in [0.25, 0.3) is 0 Å². The molecule has 2 rings (SSSR count). The standard InChI is InChI=1S/C17H19BrN2O2/c1-17(2,3)22-16(21)20-14-9-7-13(8-10-14)19-15-6-4-5-12(18)11-15/h4-11,19H,1-3H3,(H,20,21). The summed E-state index contributed by atoms with van der Waals surface area (Å²) in [6.07, 6.45) is -0.458. The minimum Gasteiger partial charge on any atom is -0.444 e. The fourth-order valence-electron chi connectivity index (χ4n) is 1.79. The van der Waals surface area contributed by atoms with E-state index >= 15 is 0 Å². The average Bonchev–Trinajstić information content (AvgIpc) is 2.39. The molecule has 0 aliphatic heterocycles. The van der Waals surface area contributed by atoms with E-state index in [1.807, 2.05) is 69.3 Å². The Morgan fingerprint density at radius 1 is 1.00 bits per heavy atom. The molecule has 22 heavy (non-hydrogen) atoms. The number of nitrogens with one attached hydrogen (secondary N) is 2. The van der Waals surface area contributed by atoms with Crippen molar-refractivity contribution >= 4 is 39.1 Å². The molecule has 0 heterocycles. The molecular formula is C17H19BrN2O2. The molecule has 0 spiro atoms. The van der Waals surface area contributed by atoms with Gasteiger partial charge >= 0.3 is 6.09 Å². The first-order valence-corrected chi connectivity index (χ1v) is 7.74. The molecule has 2 aromatic rings. The van der Waals surface area contributed by atoms with E-state index in [9.17, 15) is 4.79 Å². The van der Waals surface area contributed by atoms with Crippen LogP contribution in [0.2, 0.25) is 0 Å². The Bertz CT molecular complexity index is 648. The molecule has 5 heteroatoms. The van der Waals surface area contributed by atoms with Crippen molar-refractivity contribution in [3.63, 3.8) is 0 Å². The molecule has 2 N–H and O–H groups in total. The van der Waals surface area contributed by atoms with Gasteiger partial charge in [-0.3, -0.25) is 5.32 Å². The summed E-state index contributed by atoms with van der Waals surface area (Å²) in [6.45, 7) is 5.49. The van der Waals surface area contributed by atoms with E-state index in [0.717, 1.165) is 15.8 Å². The number of anilines is 3. The second-order valence-electron chi connectivity index (χ2n) is 5.84. The Labute approximate surface area is 139 Å². The summed E-state index contributed by atoms with van der Waals surface area (Å²) in [5.74, 6) is 0. The van der Waals surface area contributed by atoms with Gasteiger partial charge in [-0.25, -0.2) is 4.79 Å². The van der Waals surface area contributed by atoms with Crippen LogP contribution in [0.1, 0.15) is 20.8 Å². The number of hydrogen-bond donors (Lipinski definition) is 2. The molecule has 0 aliphatic rings. The number of halogens is 1. The SMILES string of the molecule is CC(C)(C)OC(=O)Nc1ccc(Nc2cccc(Br)c2)cc1. The van der Waals surface area contributed by atoms with Crippen LogP contribution in [0.25, 0.3) is 0 Å². The quantitative estimate of drug-likeness (QED) is 0.753. The molecule has 2 aromatic carbocycles. The molecule has 0 fully saturated rings. The average molecular weight is 363 g/mol. The Kier molecular flexibility index (Phi) is 5.08. The summed E-state index contributed by atoms with van der Waals surface area (Å²) in [5.41, 5.74) is 2.11. The van der Waals surface area contributed by atoms with E-state index in [1.165, 1.54) is 0 Å². The maximum absolute atomic E-state index is 11.7. The molecule has 4 nitrogen and oxygen atoms in total. The second-order valence-corrected chi connectivity index (χ2v) is 6.76. The first-order chi connectivity index (χ1) is 10.3. The van der Waals surface area contributed by atoms with Crippen LogP contribution in [-0.4, -0.2) is 11.7 Å². The molecular weight excluding hydrogens is 344 g/mol. The second kappa shape index (κ2) is 6.83. The van der Waals surface area contributed by atoms with Crippen LogP contribution in [0.5, 0.6) is 0 Å². The van der Waals surface area contributed by atoms with Crippen LogP contribution < -0.4 is 10.6 Å². The fraction of sp³-hybridized carbons (Fsp3) is 0.235. The van der Waals surface area contributed by atoms with Crippen LogP contribution >= 0.6 is 15.9 Å². The normalized spacial score (nSPS) is 10.9. The summed E-state index contributed by atoms with van der Waals surface area (Å²) in [4.78, 5) is 11.7. The van der Waals surface area contributed by atoms with Gasteiger partial charge in [-0.2, -0.15) is 0 Å². The number of hydrogen-bond acceptors (Lipinski definition) is 3. The van der Waals surface area contributed by atoms with E-state index in [2.05, 4.69) is 26.6 Å². The highest BCUT2D eigenvalue weighted by atomic mass is 79.9. The highest BCUT2D eigenvalue weighted by molar-refractivity contribution is 9.10. The number of amides is 1. The molecule has 0 aliphatic carbocycles.